The largest absolute Gasteiger partial charge is 0.396 e. The van der Waals surface area contributed by atoms with Gasteiger partial charge in [-0.15, -0.1) is 0 Å². The lowest BCUT2D eigenvalue weighted by molar-refractivity contribution is 0.169. The number of piperidine rings is 1. The highest BCUT2D eigenvalue weighted by molar-refractivity contribution is 7.91. The molecule has 19 heavy (non-hydrogen) atoms. The van der Waals surface area contributed by atoms with Crippen molar-refractivity contribution in [2.45, 2.75) is 25.3 Å². The van der Waals surface area contributed by atoms with Crippen LogP contribution in [0.3, 0.4) is 0 Å². The van der Waals surface area contributed by atoms with Gasteiger partial charge in [0.15, 0.2) is 9.84 Å². The van der Waals surface area contributed by atoms with E-state index in [0.29, 0.717) is 32.4 Å². The topological polar surface area (TPSA) is 104 Å². The summed E-state index contributed by atoms with van der Waals surface area (Å²) < 4.78 is 50.6. The lowest BCUT2D eigenvalue weighted by atomic mass is 10.00. The second-order valence-corrected chi connectivity index (χ2v) is 9.18. The van der Waals surface area contributed by atoms with Gasteiger partial charge in [-0.25, -0.2) is 8.42 Å². The molecule has 0 aromatic heterocycles. The first-order chi connectivity index (χ1) is 8.82. The number of rotatable bonds is 4. The first-order valence-electron chi connectivity index (χ1n) is 6.41. The Morgan fingerprint density at radius 1 is 1.21 bits per heavy atom. The van der Waals surface area contributed by atoms with Crippen molar-refractivity contribution in [2.24, 2.45) is 5.92 Å². The number of hydrogen-bond acceptors (Lipinski definition) is 5. The Labute approximate surface area is 114 Å². The maximum atomic E-state index is 12.1. The molecule has 2 saturated heterocycles. The summed E-state index contributed by atoms with van der Waals surface area (Å²) in [5.74, 6) is 0.102. The third kappa shape index (κ3) is 3.88. The molecule has 0 saturated carbocycles. The predicted octanol–water partition coefficient (Wildman–Crippen LogP) is -1.29. The summed E-state index contributed by atoms with van der Waals surface area (Å²) >= 11 is 0. The van der Waals surface area contributed by atoms with Gasteiger partial charge in [-0.2, -0.15) is 17.4 Å². The van der Waals surface area contributed by atoms with E-state index in [1.54, 1.807) is 0 Å². The van der Waals surface area contributed by atoms with Gasteiger partial charge in [-0.3, -0.25) is 0 Å². The Morgan fingerprint density at radius 3 is 2.32 bits per heavy atom. The zero-order chi connectivity index (χ0) is 14.1. The molecule has 0 aromatic carbocycles. The van der Waals surface area contributed by atoms with Crippen LogP contribution < -0.4 is 4.72 Å². The number of nitrogens with one attached hydrogen (secondary N) is 1. The molecule has 2 rings (SSSR count). The minimum atomic E-state index is -3.61. The van der Waals surface area contributed by atoms with Crippen LogP contribution in [0.2, 0.25) is 0 Å². The average molecular weight is 312 g/mol. The van der Waals surface area contributed by atoms with Crippen LogP contribution in [0.1, 0.15) is 19.3 Å². The van der Waals surface area contributed by atoms with Gasteiger partial charge in [0, 0.05) is 25.7 Å². The van der Waals surface area contributed by atoms with Gasteiger partial charge in [0.25, 0.3) is 10.2 Å². The number of aliphatic hydroxyl groups excluding tert-OH is 1. The van der Waals surface area contributed by atoms with Crippen LogP contribution in [0.4, 0.5) is 0 Å². The molecule has 0 bridgehead atoms. The summed E-state index contributed by atoms with van der Waals surface area (Å²) in [6, 6.07) is -0.509. The number of aliphatic hydroxyl groups is 1. The van der Waals surface area contributed by atoms with E-state index in [1.165, 1.54) is 4.31 Å². The van der Waals surface area contributed by atoms with Crippen molar-refractivity contribution in [2.75, 3.05) is 31.2 Å². The third-order valence-electron chi connectivity index (χ3n) is 3.72. The van der Waals surface area contributed by atoms with Crippen LogP contribution in [0.15, 0.2) is 0 Å². The smallest absolute Gasteiger partial charge is 0.279 e. The molecular formula is C10H20N2O5S2. The van der Waals surface area contributed by atoms with Crippen molar-refractivity contribution < 1.29 is 21.9 Å². The molecule has 2 fully saturated rings. The molecule has 0 amide bonds. The van der Waals surface area contributed by atoms with Gasteiger partial charge in [-0.05, 0) is 25.2 Å². The maximum absolute atomic E-state index is 12.1. The second-order valence-electron chi connectivity index (χ2n) is 5.25. The minimum Gasteiger partial charge on any atom is -0.396 e. The first-order valence-corrected chi connectivity index (χ1v) is 9.67. The van der Waals surface area contributed by atoms with Crippen LogP contribution >= 0.6 is 0 Å². The summed E-state index contributed by atoms with van der Waals surface area (Å²) in [7, 11) is -6.70. The lowest BCUT2D eigenvalue weighted by Gasteiger charge is -2.31. The molecule has 2 heterocycles. The summed E-state index contributed by atoms with van der Waals surface area (Å²) in [6.45, 7) is 0.836. The van der Waals surface area contributed by atoms with Crippen LogP contribution in [0, 0.1) is 5.92 Å². The molecule has 112 valence electrons. The van der Waals surface area contributed by atoms with Gasteiger partial charge in [0.2, 0.25) is 0 Å². The number of sulfone groups is 1. The Kier molecular flexibility index (Phi) is 4.51. The highest BCUT2D eigenvalue weighted by Gasteiger charge is 2.34. The van der Waals surface area contributed by atoms with Crippen molar-refractivity contribution in [3.05, 3.63) is 0 Å². The molecule has 0 spiro atoms. The molecule has 0 aliphatic carbocycles. The van der Waals surface area contributed by atoms with Gasteiger partial charge in [0.05, 0.1) is 11.5 Å². The molecular weight excluding hydrogens is 292 g/mol. The molecule has 0 radical (unpaired) electrons. The quantitative estimate of drug-likeness (QED) is 0.672. The molecule has 9 heteroatoms. The zero-order valence-corrected chi connectivity index (χ0v) is 12.3. The van der Waals surface area contributed by atoms with Crippen LogP contribution in [-0.4, -0.2) is 63.5 Å². The van der Waals surface area contributed by atoms with E-state index in [9.17, 15) is 16.8 Å². The fourth-order valence-electron chi connectivity index (χ4n) is 2.51. The molecule has 2 aliphatic rings. The van der Waals surface area contributed by atoms with Crippen LogP contribution in [0.25, 0.3) is 0 Å². The Hall–Kier alpha value is -0.220. The Bertz CT molecular complexity index is 508. The summed E-state index contributed by atoms with van der Waals surface area (Å²) in [5.41, 5.74) is 0. The molecule has 0 aromatic rings. The fraction of sp³-hybridized carbons (Fsp3) is 1.00. The van der Waals surface area contributed by atoms with E-state index in [-0.39, 0.29) is 24.0 Å². The van der Waals surface area contributed by atoms with Crippen molar-refractivity contribution in [3.8, 4) is 0 Å². The predicted molar refractivity (Wildman–Crippen MR) is 70.5 cm³/mol. The Balaban J connectivity index is 1.93. The van der Waals surface area contributed by atoms with Gasteiger partial charge in [0.1, 0.15) is 0 Å². The maximum Gasteiger partial charge on any atom is 0.279 e. The highest BCUT2D eigenvalue weighted by Crippen LogP contribution is 2.20. The summed E-state index contributed by atoms with van der Waals surface area (Å²) in [5, 5.41) is 9.02. The normalized spacial score (nSPS) is 29.6. The monoisotopic (exact) mass is 312 g/mol. The number of hydrogen-bond donors (Lipinski definition) is 2. The van der Waals surface area contributed by atoms with Crippen LogP contribution in [0.5, 0.6) is 0 Å². The van der Waals surface area contributed by atoms with E-state index < -0.39 is 26.1 Å². The molecule has 1 atom stereocenters. The summed E-state index contributed by atoms with van der Waals surface area (Å²) in [6.07, 6.45) is 1.62. The zero-order valence-electron chi connectivity index (χ0n) is 10.7. The van der Waals surface area contributed by atoms with Gasteiger partial charge < -0.3 is 5.11 Å². The number of nitrogens with zero attached hydrogens (tertiary/aromatic N) is 1. The standard InChI is InChI=1S/C10H20N2O5S2/c13-7-9-1-4-12(5-2-9)19(16,17)11-10-3-6-18(14,15)8-10/h9-11,13H,1-8H2. The SMILES string of the molecule is O=S1(=O)CCC(NS(=O)(=O)N2CCC(CO)CC2)C1. The summed E-state index contributed by atoms with van der Waals surface area (Å²) in [4.78, 5) is 0. The fourth-order valence-corrected chi connectivity index (χ4v) is 5.75. The van der Waals surface area contributed by atoms with Gasteiger partial charge in [-0.1, -0.05) is 0 Å². The molecule has 2 aliphatic heterocycles. The van der Waals surface area contributed by atoms with Crippen molar-refractivity contribution >= 4 is 20.0 Å². The Morgan fingerprint density at radius 2 is 1.84 bits per heavy atom. The minimum absolute atomic E-state index is 0.0484. The van der Waals surface area contributed by atoms with E-state index >= 15 is 0 Å². The first kappa shape index (κ1) is 15.2. The van der Waals surface area contributed by atoms with E-state index in [4.69, 9.17) is 5.11 Å². The second kappa shape index (κ2) is 5.65. The van der Waals surface area contributed by atoms with E-state index in [0.717, 1.165) is 0 Å². The highest BCUT2D eigenvalue weighted by atomic mass is 32.2. The van der Waals surface area contributed by atoms with E-state index in [1.807, 2.05) is 0 Å². The van der Waals surface area contributed by atoms with Gasteiger partial charge >= 0.3 is 0 Å². The lowest BCUT2D eigenvalue weighted by Crippen LogP contribution is -2.48. The van der Waals surface area contributed by atoms with Crippen molar-refractivity contribution in [1.82, 2.24) is 9.03 Å². The molecule has 1 unspecified atom stereocenters. The van der Waals surface area contributed by atoms with Crippen molar-refractivity contribution in [1.29, 1.82) is 0 Å². The van der Waals surface area contributed by atoms with Crippen molar-refractivity contribution in [3.63, 3.8) is 0 Å². The van der Waals surface area contributed by atoms with Crippen LogP contribution in [-0.2, 0) is 20.0 Å². The van der Waals surface area contributed by atoms with E-state index in [2.05, 4.69) is 4.72 Å². The third-order valence-corrected chi connectivity index (χ3v) is 7.16. The molecule has 7 nitrogen and oxygen atoms in total. The molecule has 2 N–H and O–H groups in total. The average Bonchev–Trinajstić information content (AvgIpc) is 2.68.